The molecule has 3 heteroatoms. The number of hydrogen-bond acceptors (Lipinski definition) is 2. The molecule has 0 saturated heterocycles. The van der Waals surface area contributed by atoms with Gasteiger partial charge in [-0.15, -0.1) is 0 Å². The molecule has 0 amide bonds. The Morgan fingerprint density at radius 1 is 1.10 bits per heavy atom. The van der Waals surface area contributed by atoms with E-state index in [-0.39, 0.29) is 6.61 Å². The van der Waals surface area contributed by atoms with E-state index in [9.17, 15) is 5.11 Å². The van der Waals surface area contributed by atoms with E-state index in [0.29, 0.717) is 5.02 Å². The number of rotatable bonds is 3. The zero-order valence-corrected chi connectivity index (χ0v) is 12.0. The van der Waals surface area contributed by atoms with Gasteiger partial charge in [0, 0.05) is 0 Å². The van der Waals surface area contributed by atoms with Gasteiger partial charge in [0.1, 0.15) is 0 Å². The molecule has 0 aliphatic heterocycles. The van der Waals surface area contributed by atoms with Crippen LogP contribution in [0.1, 0.15) is 24.0 Å². The molecular weight excluding hydrogens is 270 g/mol. The predicted octanol–water partition coefficient (Wildman–Crippen LogP) is 3.98. The fraction of sp³-hybridized carbons (Fsp3) is 0.294. The van der Waals surface area contributed by atoms with E-state index < -0.39 is 5.54 Å². The van der Waals surface area contributed by atoms with E-state index in [1.807, 2.05) is 30.3 Å². The van der Waals surface area contributed by atoms with Crippen molar-refractivity contribution in [1.29, 1.82) is 0 Å². The van der Waals surface area contributed by atoms with Crippen LogP contribution in [0.25, 0.3) is 0 Å². The molecular formula is C17H18ClNO. The average Bonchev–Trinajstić information content (AvgIpc) is 2.50. The molecule has 0 saturated carbocycles. The van der Waals surface area contributed by atoms with Crippen LogP contribution in [0.2, 0.25) is 5.02 Å². The molecule has 2 nitrogen and oxygen atoms in total. The molecule has 2 aromatic rings. The van der Waals surface area contributed by atoms with Gasteiger partial charge in [-0.1, -0.05) is 48.0 Å². The standard InChI is InChI=1S/C17H18ClNO/c18-15-9-3-4-10-16(15)19-17(12-20)11-5-7-13-6-1-2-8-14(13)17/h1-4,6,8-10,19-20H,5,7,11-12H2. The van der Waals surface area contributed by atoms with Gasteiger partial charge in [0.25, 0.3) is 0 Å². The second-order valence-corrected chi connectivity index (χ2v) is 5.76. The van der Waals surface area contributed by atoms with Crippen LogP contribution in [-0.2, 0) is 12.0 Å². The molecule has 0 fully saturated rings. The minimum Gasteiger partial charge on any atom is -0.394 e. The molecule has 1 atom stereocenters. The molecule has 0 aromatic heterocycles. The van der Waals surface area contributed by atoms with Crippen LogP contribution in [0.3, 0.4) is 0 Å². The Hall–Kier alpha value is -1.51. The zero-order chi connectivity index (χ0) is 14.0. The Labute approximate surface area is 124 Å². The maximum Gasteiger partial charge on any atom is 0.0859 e. The summed E-state index contributed by atoms with van der Waals surface area (Å²) >= 11 is 6.25. The third-order valence-electron chi connectivity index (χ3n) is 4.10. The zero-order valence-electron chi connectivity index (χ0n) is 11.3. The molecule has 104 valence electrons. The van der Waals surface area contributed by atoms with Gasteiger partial charge in [-0.2, -0.15) is 0 Å². The maximum atomic E-state index is 10.0. The van der Waals surface area contributed by atoms with Crippen molar-refractivity contribution in [3.05, 3.63) is 64.7 Å². The van der Waals surface area contributed by atoms with Crippen molar-refractivity contribution in [3.8, 4) is 0 Å². The first-order valence-corrected chi connectivity index (χ1v) is 7.35. The first-order valence-electron chi connectivity index (χ1n) is 6.97. The molecule has 0 radical (unpaired) electrons. The highest BCUT2D eigenvalue weighted by molar-refractivity contribution is 6.33. The van der Waals surface area contributed by atoms with Crippen molar-refractivity contribution in [2.75, 3.05) is 11.9 Å². The van der Waals surface area contributed by atoms with Crippen molar-refractivity contribution in [3.63, 3.8) is 0 Å². The topological polar surface area (TPSA) is 32.3 Å². The number of benzene rings is 2. The number of aliphatic hydroxyl groups excluding tert-OH is 1. The summed E-state index contributed by atoms with van der Waals surface area (Å²) < 4.78 is 0. The number of aryl methyl sites for hydroxylation is 1. The number of nitrogens with one attached hydrogen (secondary N) is 1. The number of halogens is 1. The largest absolute Gasteiger partial charge is 0.394 e. The van der Waals surface area contributed by atoms with Crippen LogP contribution >= 0.6 is 11.6 Å². The highest BCUT2D eigenvalue weighted by Gasteiger charge is 2.36. The Morgan fingerprint density at radius 3 is 2.65 bits per heavy atom. The Balaban J connectivity index is 2.03. The van der Waals surface area contributed by atoms with E-state index >= 15 is 0 Å². The van der Waals surface area contributed by atoms with Crippen molar-refractivity contribution >= 4 is 17.3 Å². The normalized spacial score (nSPS) is 21.3. The molecule has 1 aliphatic rings. The van der Waals surface area contributed by atoms with Crippen LogP contribution in [0.5, 0.6) is 0 Å². The van der Waals surface area contributed by atoms with Crippen LogP contribution < -0.4 is 5.32 Å². The van der Waals surface area contributed by atoms with Gasteiger partial charge in [-0.05, 0) is 42.5 Å². The molecule has 1 unspecified atom stereocenters. The molecule has 0 spiro atoms. The second kappa shape index (κ2) is 5.47. The molecule has 2 N–H and O–H groups in total. The summed E-state index contributed by atoms with van der Waals surface area (Å²) in [5.74, 6) is 0. The fourth-order valence-corrected chi connectivity index (χ4v) is 3.26. The van der Waals surface area contributed by atoms with Gasteiger partial charge >= 0.3 is 0 Å². The first-order chi connectivity index (χ1) is 9.75. The lowest BCUT2D eigenvalue weighted by Crippen LogP contribution is -2.42. The smallest absolute Gasteiger partial charge is 0.0859 e. The highest BCUT2D eigenvalue weighted by atomic mass is 35.5. The van der Waals surface area contributed by atoms with Gasteiger partial charge in [-0.3, -0.25) is 0 Å². The van der Waals surface area contributed by atoms with Crippen LogP contribution in [-0.4, -0.2) is 11.7 Å². The fourth-order valence-electron chi connectivity index (χ4n) is 3.07. The van der Waals surface area contributed by atoms with Crippen molar-refractivity contribution in [2.45, 2.75) is 24.8 Å². The van der Waals surface area contributed by atoms with Crippen LogP contribution in [0, 0.1) is 0 Å². The van der Waals surface area contributed by atoms with Crippen molar-refractivity contribution in [2.24, 2.45) is 0 Å². The lowest BCUT2D eigenvalue weighted by atomic mass is 9.77. The molecule has 1 aliphatic carbocycles. The quantitative estimate of drug-likeness (QED) is 0.895. The molecule has 2 aromatic carbocycles. The number of fused-ring (bicyclic) bond motifs is 1. The maximum absolute atomic E-state index is 10.0. The minimum absolute atomic E-state index is 0.0647. The lowest BCUT2D eigenvalue weighted by molar-refractivity contribution is 0.194. The minimum atomic E-state index is -0.431. The van der Waals surface area contributed by atoms with Gasteiger partial charge in [0.2, 0.25) is 0 Å². The van der Waals surface area contributed by atoms with E-state index in [0.717, 1.165) is 24.9 Å². The molecule has 0 bridgehead atoms. The van der Waals surface area contributed by atoms with Gasteiger partial charge in [0.05, 0.1) is 22.9 Å². The number of aliphatic hydroxyl groups is 1. The van der Waals surface area contributed by atoms with Gasteiger partial charge in [0.15, 0.2) is 0 Å². The Kier molecular flexibility index (Phi) is 3.68. The monoisotopic (exact) mass is 287 g/mol. The predicted molar refractivity (Wildman–Crippen MR) is 83.2 cm³/mol. The van der Waals surface area contributed by atoms with Gasteiger partial charge < -0.3 is 10.4 Å². The van der Waals surface area contributed by atoms with E-state index in [4.69, 9.17) is 11.6 Å². The van der Waals surface area contributed by atoms with Crippen molar-refractivity contribution < 1.29 is 5.11 Å². The summed E-state index contributed by atoms with van der Waals surface area (Å²) in [7, 11) is 0. The SMILES string of the molecule is OCC1(Nc2ccccc2Cl)CCCc2ccccc21. The molecule has 20 heavy (non-hydrogen) atoms. The summed E-state index contributed by atoms with van der Waals surface area (Å²) in [4.78, 5) is 0. The summed E-state index contributed by atoms with van der Waals surface area (Å²) in [6.45, 7) is 0.0647. The first kappa shape index (κ1) is 13.5. The molecule has 0 heterocycles. The number of para-hydroxylation sites is 1. The summed E-state index contributed by atoms with van der Waals surface area (Å²) in [6.07, 6.45) is 3.04. The van der Waals surface area contributed by atoms with Crippen molar-refractivity contribution in [1.82, 2.24) is 0 Å². The summed E-state index contributed by atoms with van der Waals surface area (Å²) in [6, 6.07) is 16.0. The van der Waals surface area contributed by atoms with E-state index in [1.54, 1.807) is 0 Å². The second-order valence-electron chi connectivity index (χ2n) is 5.36. The number of anilines is 1. The molecule has 3 rings (SSSR count). The highest BCUT2D eigenvalue weighted by Crippen LogP contribution is 2.39. The number of hydrogen-bond donors (Lipinski definition) is 2. The van der Waals surface area contributed by atoms with Crippen LogP contribution in [0.4, 0.5) is 5.69 Å². The Morgan fingerprint density at radius 2 is 1.85 bits per heavy atom. The lowest BCUT2D eigenvalue weighted by Gasteiger charge is -2.39. The summed E-state index contributed by atoms with van der Waals surface area (Å²) in [5, 5.41) is 14.2. The van der Waals surface area contributed by atoms with Crippen LogP contribution in [0.15, 0.2) is 48.5 Å². The van der Waals surface area contributed by atoms with Gasteiger partial charge in [-0.25, -0.2) is 0 Å². The average molecular weight is 288 g/mol. The van der Waals surface area contributed by atoms with E-state index in [2.05, 4.69) is 23.5 Å². The third kappa shape index (κ3) is 2.30. The third-order valence-corrected chi connectivity index (χ3v) is 4.43. The van der Waals surface area contributed by atoms with E-state index in [1.165, 1.54) is 11.1 Å². The Bertz CT molecular complexity index is 613. The summed E-state index contributed by atoms with van der Waals surface area (Å²) in [5.41, 5.74) is 2.95.